The van der Waals surface area contributed by atoms with Gasteiger partial charge in [-0.1, -0.05) is 48.5 Å². The number of hydrogen-bond donors (Lipinski definition) is 2. The average Bonchev–Trinajstić information content (AvgIpc) is 2.72. The highest BCUT2D eigenvalue weighted by molar-refractivity contribution is 5.48. The van der Waals surface area contributed by atoms with E-state index in [4.69, 9.17) is 10.5 Å². The number of benzene rings is 3. The Morgan fingerprint density at radius 3 is 2.44 bits per heavy atom. The molecule has 0 bridgehead atoms. The number of hydrogen-bond acceptors (Lipinski definition) is 3. The zero-order valence-corrected chi connectivity index (χ0v) is 15.3. The summed E-state index contributed by atoms with van der Waals surface area (Å²) in [5.74, 6) is 1.87. The molecule has 0 aromatic heterocycles. The van der Waals surface area contributed by atoms with E-state index in [-0.39, 0.29) is 5.92 Å². The Hall–Kier alpha value is -2.78. The minimum absolute atomic E-state index is 0.264. The molecule has 0 radical (unpaired) electrons. The summed E-state index contributed by atoms with van der Waals surface area (Å²) in [6.45, 7) is 1.04. The standard InChI is InChI=1S/C24H25NO2/c25-14-15-27-21-10-6-18(7-11-21)24-22(17-4-2-1-3-5-17)12-8-19-16-20(26)9-13-23(19)24/h1-7,9-11,13,16,22,24,26H,8,12,14-15,25H2/t22-,24+/m1/s1. The van der Waals surface area contributed by atoms with Gasteiger partial charge in [0.1, 0.15) is 18.1 Å². The first kappa shape index (κ1) is 17.6. The Balaban J connectivity index is 1.75. The van der Waals surface area contributed by atoms with Crippen LogP contribution >= 0.6 is 0 Å². The average molecular weight is 359 g/mol. The lowest BCUT2D eigenvalue weighted by Crippen LogP contribution is -2.20. The van der Waals surface area contributed by atoms with E-state index in [0.29, 0.717) is 24.8 Å². The van der Waals surface area contributed by atoms with Crippen LogP contribution in [0, 0.1) is 0 Å². The van der Waals surface area contributed by atoms with Crippen molar-refractivity contribution in [2.45, 2.75) is 24.7 Å². The van der Waals surface area contributed by atoms with Crippen molar-refractivity contribution >= 4 is 0 Å². The molecule has 0 saturated carbocycles. The molecule has 27 heavy (non-hydrogen) atoms. The fourth-order valence-corrected chi connectivity index (χ4v) is 4.23. The van der Waals surface area contributed by atoms with Gasteiger partial charge in [0, 0.05) is 12.5 Å². The van der Waals surface area contributed by atoms with E-state index in [0.717, 1.165) is 18.6 Å². The summed E-state index contributed by atoms with van der Waals surface area (Å²) in [7, 11) is 0. The van der Waals surface area contributed by atoms with Crippen LogP contribution in [0.5, 0.6) is 11.5 Å². The number of aryl methyl sites for hydroxylation is 1. The monoisotopic (exact) mass is 359 g/mol. The lowest BCUT2D eigenvalue weighted by atomic mass is 9.69. The number of aromatic hydroxyl groups is 1. The van der Waals surface area contributed by atoms with Crippen LogP contribution in [0.3, 0.4) is 0 Å². The van der Waals surface area contributed by atoms with Crippen LogP contribution in [0.2, 0.25) is 0 Å². The van der Waals surface area contributed by atoms with Crippen LogP contribution in [0.25, 0.3) is 0 Å². The third kappa shape index (κ3) is 3.69. The van der Waals surface area contributed by atoms with Gasteiger partial charge >= 0.3 is 0 Å². The maximum absolute atomic E-state index is 9.92. The second kappa shape index (κ2) is 7.85. The molecule has 3 nitrogen and oxygen atoms in total. The molecule has 138 valence electrons. The number of ether oxygens (including phenoxy) is 1. The molecule has 0 heterocycles. The molecule has 1 aliphatic rings. The maximum Gasteiger partial charge on any atom is 0.119 e. The van der Waals surface area contributed by atoms with Crippen molar-refractivity contribution < 1.29 is 9.84 Å². The highest BCUT2D eigenvalue weighted by atomic mass is 16.5. The molecule has 0 aliphatic heterocycles. The van der Waals surface area contributed by atoms with Crippen LogP contribution in [0.15, 0.2) is 72.8 Å². The molecule has 3 N–H and O–H groups in total. The zero-order valence-electron chi connectivity index (χ0n) is 15.3. The predicted molar refractivity (Wildman–Crippen MR) is 108 cm³/mol. The summed E-state index contributed by atoms with van der Waals surface area (Å²) in [5.41, 5.74) is 10.7. The smallest absolute Gasteiger partial charge is 0.119 e. The van der Waals surface area contributed by atoms with E-state index in [2.05, 4.69) is 48.5 Å². The van der Waals surface area contributed by atoms with Crippen LogP contribution < -0.4 is 10.5 Å². The van der Waals surface area contributed by atoms with Gasteiger partial charge in [-0.05, 0) is 65.3 Å². The number of nitrogens with two attached hydrogens (primary N) is 1. The van der Waals surface area contributed by atoms with Crippen molar-refractivity contribution in [2.24, 2.45) is 5.73 Å². The molecule has 4 rings (SSSR count). The van der Waals surface area contributed by atoms with Crippen molar-refractivity contribution in [3.63, 3.8) is 0 Å². The van der Waals surface area contributed by atoms with Gasteiger partial charge in [-0.15, -0.1) is 0 Å². The van der Waals surface area contributed by atoms with Crippen molar-refractivity contribution in [3.05, 3.63) is 95.1 Å². The maximum atomic E-state index is 9.92. The largest absolute Gasteiger partial charge is 0.508 e. The number of phenols is 1. The van der Waals surface area contributed by atoms with Gasteiger partial charge in [-0.25, -0.2) is 0 Å². The molecule has 0 spiro atoms. The topological polar surface area (TPSA) is 55.5 Å². The SMILES string of the molecule is NCCOc1ccc([C@@H]2c3ccc(O)cc3CC[C@@H]2c2ccccc2)cc1. The van der Waals surface area contributed by atoms with Crippen LogP contribution in [0.4, 0.5) is 0 Å². The number of rotatable bonds is 5. The summed E-state index contributed by atoms with van der Waals surface area (Å²) in [5, 5.41) is 9.92. The van der Waals surface area contributed by atoms with Crippen LogP contribution in [0.1, 0.15) is 40.5 Å². The van der Waals surface area contributed by atoms with E-state index >= 15 is 0 Å². The molecule has 3 aromatic carbocycles. The van der Waals surface area contributed by atoms with Gasteiger partial charge in [0.25, 0.3) is 0 Å². The second-order valence-electron chi connectivity index (χ2n) is 7.12. The van der Waals surface area contributed by atoms with Gasteiger partial charge in [0.15, 0.2) is 0 Å². The molecular weight excluding hydrogens is 334 g/mol. The van der Waals surface area contributed by atoms with E-state index in [1.165, 1.54) is 22.3 Å². The first-order chi connectivity index (χ1) is 13.3. The molecular formula is C24H25NO2. The lowest BCUT2D eigenvalue weighted by Gasteiger charge is -2.34. The predicted octanol–water partition coefficient (Wildman–Crippen LogP) is 4.59. The molecule has 2 atom stereocenters. The summed E-state index contributed by atoms with van der Waals surface area (Å²) < 4.78 is 5.64. The highest BCUT2D eigenvalue weighted by Gasteiger charge is 2.32. The van der Waals surface area contributed by atoms with Crippen molar-refractivity contribution in [1.82, 2.24) is 0 Å². The fourth-order valence-electron chi connectivity index (χ4n) is 4.23. The highest BCUT2D eigenvalue weighted by Crippen LogP contribution is 2.47. The normalized spacial score (nSPS) is 18.7. The zero-order chi connectivity index (χ0) is 18.6. The molecule has 1 aliphatic carbocycles. The summed E-state index contributed by atoms with van der Waals surface area (Å²) in [6, 6.07) is 24.9. The van der Waals surface area contributed by atoms with E-state index in [1.807, 2.05) is 18.2 Å². The summed E-state index contributed by atoms with van der Waals surface area (Å²) in [4.78, 5) is 0. The molecule has 0 amide bonds. The second-order valence-corrected chi connectivity index (χ2v) is 7.12. The minimum atomic E-state index is 0.264. The van der Waals surface area contributed by atoms with E-state index < -0.39 is 0 Å². The van der Waals surface area contributed by atoms with Crippen molar-refractivity contribution in [1.29, 1.82) is 0 Å². The Morgan fingerprint density at radius 1 is 0.926 bits per heavy atom. The lowest BCUT2D eigenvalue weighted by molar-refractivity contribution is 0.328. The molecule has 0 unspecified atom stereocenters. The third-order valence-corrected chi connectivity index (χ3v) is 5.44. The summed E-state index contributed by atoms with van der Waals surface area (Å²) in [6.07, 6.45) is 2.05. The van der Waals surface area contributed by atoms with Gasteiger partial charge in [0.05, 0.1) is 0 Å². The van der Waals surface area contributed by atoms with Gasteiger partial charge in [0.2, 0.25) is 0 Å². The summed E-state index contributed by atoms with van der Waals surface area (Å²) >= 11 is 0. The van der Waals surface area contributed by atoms with Crippen molar-refractivity contribution in [2.75, 3.05) is 13.2 Å². The molecule has 0 fully saturated rings. The Morgan fingerprint density at radius 2 is 1.70 bits per heavy atom. The van der Waals surface area contributed by atoms with Crippen LogP contribution in [-0.2, 0) is 6.42 Å². The van der Waals surface area contributed by atoms with E-state index in [9.17, 15) is 5.11 Å². The first-order valence-corrected chi connectivity index (χ1v) is 9.56. The third-order valence-electron chi connectivity index (χ3n) is 5.44. The Bertz CT molecular complexity index is 890. The fraction of sp³-hybridized carbons (Fsp3) is 0.250. The minimum Gasteiger partial charge on any atom is -0.508 e. The van der Waals surface area contributed by atoms with Gasteiger partial charge in [-0.3, -0.25) is 0 Å². The molecule has 0 saturated heterocycles. The number of phenolic OH excluding ortho intramolecular Hbond substituents is 1. The van der Waals surface area contributed by atoms with Crippen molar-refractivity contribution in [3.8, 4) is 11.5 Å². The molecule has 3 aromatic rings. The Kier molecular flexibility index (Phi) is 5.12. The van der Waals surface area contributed by atoms with E-state index in [1.54, 1.807) is 6.07 Å². The van der Waals surface area contributed by atoms with Gasteiger partial charge in [-0.2, -0.15) is 0 Å². The number of fused-ring (bicyclic) bond motifs is 1. The first-order valence-electron chi connectivity index (χ1n) is 9.56. The van der Waals surface area contributed by atoms with Gasteiger partial charge < -0.3 is 15.6 Å². The quantitative estimate of drug-likeness (QED) is 0.700. The Labute approximate surface area is 160 Å². The molecule has 3 heteroatoms. The van der Waals surface area contributed by atoms with Crippen LogP contribution in [-0.4, -0.2) is 18.3 Å².